The van der Waals surface area contributed by atoms with Crippen molar-refractivity contribution >= 4 is 5.91 Å². The van der Waals surface area contributed by atoms with E-state index in [1.165, 1.54) is 4.90 Å². The zero-order chi connectivity index (χ0) is 8.15. The van der Waals surface area contributed by atoms with Crippen LogP contribution in [0, 0.1) is 0 Å². The SMILES string of the molecule is CCC(O)CC(=O)N(C)C. The molecule has 10 heavy (non-hydrogen) atoms. The van der Waals surface area contributed by atoms with E-state index in [-0.39, 0.29) is 12.3 Å². The molecule has 0 aromatic carbocycles. The normalized spacial score (nSPS) is 12.8. The molecule has 0 aromatic rings. The number of aliphatic hydroxyl groups excluding tert-OH is 1. The minimum Gasteiger partial charge on any atom is -0.393 e. The highest BCUT2D eigenvalue weighted by Crippen LogP contribution is 1.98. The third-order valence-electron chi connectivity index (χ3n) is 1.38. The van der Waals surface area contributed by atoms with E-state index >= 15 is 0 Å². The average Bonchev–Trinajstić information content (AvgIpc) is 1.87. The lowest BCUT2D eigenvalue weighted by Crippen LogP contribution is -2.25. The summed E-state index contributed by atoms with van der Waals surface area (Å²) in [4.78, 5) is 12.4. The molecule has 0 radical (unpaired) electrons. The number of carbonyl (C=O) groups excluding carboxylic acids is 1. The summed E-state index contributed by atoms with van der Waals surface area (Å²) in [5, 5.41) is 9.03. The maximum absolute atomic E-state index is 10.9. The van der Waals surface area contributed by atoms with Crippen molar-refractivity contribution in [2.45, 2.75) is 25.9 Å². The summed E-state index contributed by atoms with van der Waals surface area (Å²) < 4.78 is 0. The van der Waals surface area contributed by atoms with Crippen LogP contribution in [-0.2, 0) is 4.79 Å². The summed E-state index contributed by atoms with van der Waals surface area (Å²) in [5.41, 5.74) is 0. The Labute approximate surface area is 61.6 Å². The van der Waals surface area contributed by atoms with E-state index in [9.17, 15) is 4.79 Å². The van der Waals surface area contributed by atoms with E-state index in [1.807, 2.05) is 6.92 Å². The number of rotatable bonds is 3. The molecule has 1 N–H and O–H groups in total. The van der Waals surface area contributed by atoms with Gasteiger partial charge in [-0.2, -0.15) is 0 Å². The molecule has 0 bridgehead atoms. The zero-order valence-electron chi connectivity index (χ0n) is 6.79. The molecule has 1 atom stereocenters. The van der Waals surface area contributed by atoms with Crippen molar-refractivity contribution in [3.05, 3.63) is 0 Å². The maximum Gasteiger partial charge on any atom is 0.224 e. The third kappa shape index (κ3) is 3.45. The highest BCUT2D eigenvalue weighted by Gasteiger charge is 2.09. The van der Waals surface area contributed by atoms with Gasteiger partial charge in [0.2, 0.25) is 5.91 Å². The molecule has 0 aromatic heterocycles. The second-order valence-corrected chi connectivity index (χ2v) is 2.55. The first-order valence-corrected chi connectivity index (χ1v) is 3.46. The van der Waals surface area contributed by atoms with E-state index in [0.29, 0.717) is 6.42 Å². The van der Waals surface area contributed by atoms with E-state index in [4.69, 9.17) is 5.11 Å². The van der Waals surface area contributed by atoms with E-state index < -0.39 is 6.10 Å². The highest BCUT2D eigenvalue weighted by atomic mass is 16.3. The van der Waals surface area contributed by atoms with Crippen LogP contribution in [0.25, 0.3) is 0 Å². The molecule has 0 heterocycles. The summed E-state index contributed by atoms with van der Waals surface area (Å²) in [6.45, 7) is 1.85. The van der Waals surface area contributed by atoms with Crippen molar-refractivity contribution in [1.29, 1.82) is 0 Å². The second kappa shape index (κ2) is 4.28. The molecule has 0 aliphatic heterocycles. The van der Waals surface area contributed by atoms with Gasteiger partial charge in [-0.15, -0.1) is 0 Å². The maximum atomic E-state index is 10.9. The molecule has 3 heteroatoms. The predicted octanol–water partition coefficient (Wildman–Crippen LogP) is 0.236. The summed E-state index contributed by atoms with van der Waals surface area (Å²) >= 11 is 0. The van der Waals surface area contributed by atoms with Crippen LogP contribution in [0.3, 0.4) is 0 Å². The fraction of sp³-hybridized carbons (Fsp3) is 0.857. The molecule has 0 aliphatic rings. The first-order chi connectivity index (χ1) is 4.57. The molecule has 1 amide bonds. The number of hydrogen-bond acceptors (Lipinski definition) is 2. The van der Waals surface area contributed by atoms with Gasteiger partial charge in [-0.25, -0.2) is 0 Å². The number of hydrogen-bond donors (Lipinski definition) is 1. The summed E-state index contributed by atoms with van der Waals surface area (Å²) in [7, 11) is 3.37. The first kappa shape index (κ1) is 9.43. The molecular formula is C7H15NO2. The van der Waals surface area contributed by atoms with Crippen molar-refractivity contribution < 1.29 is 9.90 Å². The minimum atomic E-state index is -0.477. The third-order valence-corrected chi connectivity index (χ3v) is 1.38. The number of aliphatic hydroxyl groups is 1. The van der Waals surface area contributed by atoms with Crippen LogP contribution in [0.1, 0.15) is 19.8 Å². The van der Waals surface area contributed by atoms with Crippen molar-refractivity contribution in [3.8, 4) is 0 Å². The fourth-order valence-electron chi connectivity index (χ4n) is 0.528. The number of amides is 1. The van der Waals surface area contributed by atoms with E-state index in [0.717, 1.165) is 0 Å². The summed E-state index contributed by atoms with van der Waals surface area (Å²) in [6.07, 6.45) is 0.401. The van der Waals surface area contributed by atoms with Gasteiger partial charge in [-0.1, -0.05) is 6.92 Å². The minimum absolute atomic E-state index is 0.0191. The van der Waals surface area contributed by atoms with Crippen LogP contribution >= 0.6 is 0 Å². The Morgan fingerprint density at radius 1 is 1.60 bits per heavy atom. The Bertz CT molecular complexity index is 112. The summed E-state index contributed by atoms with van der Waals surface area (Å²) in [5.74, 6) is -0.0191. The van der Waals surface area contributed by atoms with Gasteiger partial charge in [0, 0.05) is 14.1 Å². The van der Waals surface area contributed by atoms with Gasteiger partial charge >= 0.3 is 0 Å². The molecule has 1 unspecified atom stereocenters. The smallest absolute Gasteiger partial charge is 0.224 e. The van der Waals surface area contributed by atoms with Crippen LogP contribution in [0.15, 0.2) is 0 Å². The lowest BCUT2D eigenvalue weighted by atomic mass is 10.2. The molecule has 0 saturated heterocycles. The van der Waals surface area contributed by atoms with Gasteiger partial charge in [0.1, 0.15) is 0 Å². The van der Waals surface area contributed by atoms with Crippen molar-refractivity contribution in [2.75, 3.05) is 14.1 Å². The molecule has 0 rings (SSSR count). The van der Waals surface area contributed by atoms with Crippen molar-refractivity contribution in [2.24, 2.45) is 0 Å². The molecule has 3 nitrogen and oxygen atoms in total. The first-order valence-electron chi connectivity index (χ1n) is 3.46. The van der Waals surface area contributed by atoms with Crippen LogP contribution in [-0.4, -0.2) is 36.1 Å². The lowest BCUT2D eigenvalue weighted by Gasteiger charge is -2.12. The van der Waals surface area contributed by atoms with Crippen molar-refractivity contribution in [1.82, 2.24) is 4.90 Å². The molecule has 0 fully saturated rings. The summed E-state index contributed by atoms with van der Waals surface area (Å²) in [6, 6.07) is 0. The zero-order valence-corrected chi connectivity index (χ0v) is 6.79. The standard InChI is InChI=1S/C7H15NO2/c1-4-6(9)5-7(10)8(2)3/h6,9H,4-5H2,1-3H3. The lowest BCUT2D eigenvalue weighted by molar-refractivity contribution is -0.130. The van der Waals surface area contributed by atoms with Gasteiger partial charge in [0.25, 0.3) is 0 Å². The average molecular weight is 145 g/mol. The van der Waals surface area contributed by atoms with Crippen LogP contribution in [0.2, 0.25) is 0 Å². The Balaban J connectivity index is 3.57. The Hall–Kier alpha value is -0.570. The molecule has 60 valence electrons. The fourth-order valence-corrected chi connectivity index (χ4v) is 0.528. The van der Waals surface area contributed by atoms with Crippen LogP contribution < -0.4 is 0 Å². The van der Waals surface area contributed by atoms with E-state index in [2.05, 4.69) is 0 Å². The Morgan fingerprint density at radius 2 is 2.10 bits per heavy atom. The van der Waals surface area contributed by atoms with E-state index in [1.54, 1.807) is 14.1 Å². The topological polar surface area (TPSA) is 40.5 Å². The van der Waals surface area contributed by atoms with Crippen molar-refractivity contribution in [3.63, 3.8) is 0 Å². The Morgan fingerprint density at radius 3 is 2.40 bits per heavy atom. The monoisotopic (exact) mass is 145 g/mol. The van der Waals surface area contributed by atoms with Crippen LogP contribution in [0.5, 0.6) is 0 Å². The van der Waals surface area contributed by atoms with Gasteiger partial charge in [-0.3, -0.25) is 4.79 Å². The highest BCUT2D eigenvalue weighted by molar-refractivity contribution is 5.75. The van der Waals surface area contributed by atoms with Crippen LogP contribution in [0.4, 0.5) is 0 Å². The molecular weight excluding hydrogens is 130 g/mol. The number of nitrogens with zero attached hydrogens (tertiary/aromatic N) is 1. The molecule has 0 aliphatic carbocycles. The number of carbonyl (C=O) groups is 1. The molecule has 0 saturated carbocycles. The quantitative estimate of drug-likeness (QED) is 0.617. The predicted molar refractivity (Wildman–Crippen MR) is 39.6 cm³/mol. The molecule has 0 spiro atoms. The van der Waals surface area contributed by atoms with Gasteiger partial charge in [-0.05, 0) is 6.42 Å². The van der Waals surface area contributed by atoms with Gasteiger partial charge in [0.15, 0.2) is 0 Å². The largest absolute Gasteiger partial charge is 0.393 e. The second-order valence-electron chi connectivity index (χ2n) is 2.55. The van der Waals surface area contributed by atoms with Gasteiger partial charge in [0.05, 0.1) is 12.5 Å². The Kier molecular flexibility index (Phi) is 4.03. The van der Waals surface area contributed by atoms with Gasteiger partial charge < -0.3 is 10.0 Å².